The SMILES string of the molecule is CN(C)C[C@@H]1C[C@@H]2CN(C(=O)c3ccoc3)CC[C@@H]2N1CC1CC1. The summed E-state index contributed by atoms with van der Waals surface area (Å²) in [5.74, 6) is 1.68. The minimum absolute atomic E-state index is 0.131. The van der Waals surface area contributed by atoms with Crippen LogP contribution in [-0.2, 0) is 0 Å². The first kappa shape index (κ1) is 16.2. The number of likely N-dealkylation sites (tertiary alicyclic amines) is 2. The van der Waals surface area contributed by atoms with Gasteiger partial charge in [0.05, 0.1) is 11.8 Å². The van der Waals surface area contributed by atoms with Gasteiger partial charge in [0.1, 0.15) is 6.26 Å². The number of likely N-dealkylation sites (N-methyl/N-ethyl adjacent to an activating group) is 1. The molecule has 2 aliphatic heterocycles. The first-order chi connectivity index (χ1) is 11.6. The molecule has 0 aromatic carbocycles. The van der Waals surface area contributed by atoms with Gasteiger partial charge in [-0.2, -0.15) is 0 Å². The highest BCUT2D eigenvalue weighted by Crippen LogP contribution is 2.40. The third-order valence-corrected chi connectivity index (χ3v) is 5.96. The normalized spacial score (nSPS) is 30.8. The Morgan fingerprint density at radius 2 is 2.17 bits per heavy atom. The van der Waals surface area contributed by atoms with Crippen LogP contribution in [0.1, 0.15) is 36.0 Å². The summed E-state index contributed by atoms with van der Waals surface area (Å²) in [6.07, 6.45) is 8.31. The standard InChI is InChI=1S/C19H29N3O2/c1-20(2)12-17-9-16-11-21(19(23)15-6-8-24-13-15)7-5-18(16)22(17)10-14-3-4-14/h6,8,13-14,16-18H,3-5,7,9-12H2,1-2H3/t16-,17+,18+/m1/s1. The lowest BCUT2D eigenvalue weighted by Gasteiger charge is -2.39. The third kappa shape index (κ3) is 3.24. The van der Waals surface area contributed by atoms with Crippen LogP contribution in [-0.4, -0.2) is 73.0 Å². The van der Waals surface area contributed by atoms with Gasteiger partial charge in [-0.25, -0.2) is 0 Å². The molecule has 2 saturated heterocycles. The van der Waals surface area contributed by atoms with Crippen LogP contribution in [0.25, 0.3) is 0 Å². The van der Waals surface area contributed by atoms with Crippen molar-refractivity contribution in [1.29, 1.82) is 0 Å². The molecule has 1 aromatic rings. The van der Waals surface area contributed by atoms with Gasteiger partial charge in [-0.3, -0.25) is 9.69 Å². The Balaban J connectivity index is 1.44. The number of hydrogen-bond acceptors (Lipinski definition) is 4. The summed E-state index contributed by atoms with van der Waals surface area (Å²) in [6, 6.07) is 3.10. The van der Waals surface area contributed by atoms with Crippen LogP contribution in [0, 0.1) is 11.8 Å². The molecule has 3 heterocycles. The second-order valence-electron chi connectivity index (χ2n) is 8.17. The molecule has 3 atom stereocenters. The number of fused-ring (bicyclic) bond motifs is 1. The van der Waals surface area contributed by atoms with Crippen LogP contribution in [0.5, 0.6) is 0 Å². The zero-order chi connectivity index (χ0) is 16.7. The van der Waals surface area contributed by atoms with Gasteiger partial charge in [0.25, 0.3) is 5.91 Å². The van der Waals surface area contributed by atoms with Crippen molar-refractivity contribution in [3.05, 3.63) is 24.2 Å². The van der Waals surface area contributed by atoms with Crippen molar-refractivity contribution in [2.24, 2.45) is 11.8 Å². The average Bonchev–Trinajstić information content (AvgIpc) is 3.08. The lowest BCUT2D eigenvalue weighted by Crippen LogP contribution is -2.49. The molecular weight excluding hydrogens is 302 g/mol. The Morgan fingerprint density at radius 1 is 1.33 bits per heavy atom. The van der Waals surface area contributed by atoms with Crippen LogP contribution >= 0.6 is 0 Å². The fourth-order valence-corrected chi connectivity index (χ4v) is 4.68. The highest BCUT2D eigenvalue weighted by molar-refractivity contribution is 5.93. The van der Waals surface area contributed by atoms with E-state index in [4.69, 9.17) is 4.42 Å². The molecule has 0 N–H and O–H groups in total. The fraction of sp³-hybridized carbons (Fsp3) is 0.737. The molecule has 3 fully saturated rings. The smallest absolute Gasteiger partial charge is 0.257 e. The van der Waals surface area contributed by atoms with E-state index in [-0.39, 0.29) is 5.91 Å². The number of rotatable bonds is 5. The molecule has 5 nitrogen and oxygen atoms in total. The Kier molecular flexibility index (Phi) is 4.39. The highest BCUT2D eigenvalue weighted by atomic mass is 16.3. The average molecular weight is 331 g/mol. The number of amides is 1. The molecule has 0 radical (unpaired) electrons. The highest BCUT2D eigenvalue weighted by Gasteiger charge is 2.46. The summed E-state index contributed by atoms with van der Waals surface area (Å²) in [5, 5.41) is 0. The summed E-state index contributed by atoms with van der Waals surface area (Å²) in [4.78, 5) is 19.8. The van der Waals surface area contributed by atoms with Crippen LogP contribution in [0.15, 0.2) is 23.0 Å². The van der Waals surface area contributed by atoms with Crippen LogP contribution in [0.4, 0.5) is 0 Å². The Labute approximate surface area is 144 Å². The van der Waals surface area contributed by atoms with Gasteiger partial charge in [0, 0.05) is 38.3 Å². The number of piperidine rings is 1. The van der Waals surface area contributed by atoms with E-state index in [1.54, 1.807) is 18.6 Å². The zero-order valence-electron chi connectivity index (χ0n) is 14.9. The van der Waals surface area contributed by atoms with Crippen molar-refractivity contribution < 1.29 is 9.21 Å². The summed E-state index contributed by atoms with van der Waals surface area (Å²) >= 11 is 0. The van der Waals surface area contributed by atoms with Gasteiger partial charge < -0.3 is 14.2 Å². The zero-order valence-corrected chi connectivity index (χ0v) is 14.9. The van der Waals surface area contributed by atoms with Gasteiger partial charge in [0.15, 0.2) is 0 Å². The van der Waals surface area contributed by atoms with Gasteiger partial charge in [-0.15, -0.1) is 0 Å². The van der Waals surface area contributed by atoms with Crippen LogP contribution < -0.4 is 0 Å². The van der Waals surface area contributed by atoms with Crippen LogP contribution in [0.2, 0.25) is 0 Å². The molecule has 4 rings (SSSR count). The van der Waals surface area contributed by atoms with E-state index in [9.17, 15) is 4.79 Å². The van der Waals surface area contributed by atoms with E-state index in [1.807, 2.05) is 4.90 Å². The topological polar surface area (TPSA) is 39.9 Å². The molecule has 1 saturated carbocycles. The van der Waals surface area contributed by atoms with E-state index < -0.39 is 0 Å². The molecule has 24 heavy (non-hydrogen) atoms. The Bertz CT molecular complexity index is 567. The van der Waals surface area contributed by atoms with Gasteiger partial charge in [0.2, 0.25) is 0 Å². The predicted octanol–water partition coefficient (Wildman–Crippen LogP) is 2.16. The fourth-order valence-electron chi connectivity index (χ4n) is 4.68. The van der Waals surface area contributed by atoms with E-state index in [0.29, 0.717) is 23.6 Å². The molecule has 0 bridgehead atoms. The summed E-state index contributed by atoms with van der Waals surface area (Å²) in [6.45, 7) is 4.19. The summed E-state index contributed by atoms with van der Waals surface area (Å²) in [7, 11) is 4.35. The van der Waals surface area contributed by atoms with E-state index in [0.717, 1.165) is 32.0 Å². The second-order valence-corrected chi connectivity index (χ2v) is 8.17. The van der Waals surface area contributed by atoms with Crippen molar-refractivity contribution >= 4 is 5.91 Å². The largest absolute Gasteiger partial charge is 0.472 e. The predicted molar refractivity (Wildman–Crippen MR) is 92.9 cm³/mol. The van der Waals surface area contributed by atoms with Gasteiger partial charge in [-0.1, -0.05) is 0 Å². The lowest BCUT2D eigenvalue weighted by atomic mass is 9.91. The van der Waals surface area contributed by atoms with Gasteiger partial charge >= 0.3 is 0 Å². The number of hydrogen-bond donors (Lipinski definition) is 0. The summed E-state index contributed by atoms with van der Waals surface area (Å²) in [5.41, 5.74) is 0.686. The second kappa shape index (κ2) is 6.52. The number of carbonyl (C=O) groups excluding carboxylic acids is 1. The number of furan rings is 1. The Hall–Kier alpha value is -1.33. The van der Waals surface area contributed by atoms with E-state index >= 15 is 0 Å². The van der Waals surface area contributed by atoms with E-state index in [2.05, 4.69) is 23.9 Å². The van der Waals surface area contributed by atoms with Crippen molar-refractivity contribution in [2.45, 2.75) is 37.8 Å². The molecule has 3 aliphatic rings. The molecule has 0 unspecified atom stereocenters. The quantitative estimate of drug-likeness (QED) is 0.829. The minimum atomic E-state index is 0.131. The number of carbonyl (C=O) groups is 1. The molecule has 0 spiro atoms. The monoisotopic (exact) mass is 331 g/mol. The lowest BCUT2D eigenvalue weighted by molar-refractivity contribution is 0.0570. The van der Waals surface area contributed by atoms with Crippen molar-refractivity contribution in [1.82, 2.24) is 14.7 Å². The van der Waals surface area contributed by atoms with E-state index in [1.165, 1.54) is 25.8 Å². The van der Waals surface area contributed by atoms with Crippen molar-refractivity contribution in [3.8, 4) is 0 Å². The van der Waals surface area contributed by atoms with Crippen LogP contribution in [0.3, 0.4) is 0 Å². The Morgan fingerprint density at radius 3 is 2.83 bits per heavy atom. The maximum absolute atomic E-state index is 12.6. The maximum Gasteiger partial charge on any atom is 0.257 e. The molecule has 5 heteroatoms. The molecular formula is C19H29N3O2. The first-order valence-corrected chi connectivity index (χ1v) is 9.33. The third-order valence-electron chi connectivity index (χ3n) is 5.96. The van der Waals surface area contributed by atoms with Crippen molar-refractivity contribution in [2.75, 3.05) is 40.3 Å². The van der Waals surface area contributed by atoms with Crippen molar-refractivity contribution in [3.63, 3.8) is 0 Å². The minimum Gasteiger partial charge on any atom is -0.472 e. The maximum atomic E-state index is 12.6. The summed E-state index contributed by atoms with van der Waals surface area (Å²) < 4.78 is 5.08. The van der Waals surface area contributed by atoms with Gasteiger partial charge in [-0.05, 0) is 57.7 Å². The molecule has 132 valence electrons. The molecule has 1 aliphatic carbocycles. The molecule has 1 aromatic heterocycles. The molecule has 1 amide bonds. The first-order valence-electron chi connectivity index (χ1n) is 9.33. The number of nitrogens with zero attached hydrogens (tertiary/aromatic N) is 3.